The Morgan fingerprint density at radius 2 is 1.64 bits per heavy atom. The van der Waals surface area contributed by atoms with E-state index < -0.39 is 28.5 Å². The zero-order chi connectivity index (χ0) is 28.6. The molecule has 2 amide bonds. The van der Waals surface area contributed by atoms with Crippen LogP contribution in [0.1, 0.15) is 32.8 Å². The van der Waals surface area contributed by atoms with Gasteiger partial charge in [0.1, 0.15) is 18.3 Å². The minimum atomic E-state index is -4.14. The fourth-order valence-corrected chi connectivity index (χ4v) is 5.47. The van der Waals surface area contributed by atoms with Crippen LogP contribution in [0.15, 0.2) is 83.8 Å². The molecule has 0 aliphatic rings. The zero-order valence-corrected chi connectivity index (χ0v) is 24.1. The Morgan fingerprint density at radius 3 is 2.23 bits per heavy atom. The van der Waals surface area contributed by atoms with Crippen LogP contribution in [0.5, 0.6) is 5.75 Å². The van der Waals surface area contributed by atoms with E-state index in [0.717, 1.165) is 16.3 Å². The number of carbonyl (C=O) groups is 2. The van der Waals surface area contributed by atoms with Gasteiger partial charge in [-0.15, -0.1) is 0 Å². The van der Waals surface area contributed by atoms with Crippen LogP contribution in [0.2, 0.25) is 5.02 Å². The van der Waals surface area contributed by atoms with Gasteiger partial charge in [0.15, 0.2) is 0 Å². The lowest BCUT2D eigenvalue weighted by atomic mass is 10.1. The molecule has 3 aromatic carbocycles. The Morgan fingerprint density at radius 1 is 0.974 bits per heavy atom. The van der Waals surface area contributed by atoms with Gasteiger partial charge in [-0.1, -0.05) is 54.9 Å². The quantitative estimate of drug-likeness (QED) is 0.334. The third-order valence-electron chi connectivity index (χ3n) is 6.39. The van der Waals surface area contributed by atoms with E-state index in [2.05, 4.69) is 5.32 Å². The minimum absolute atomic E-state index is 0.0297. The molecule has 0 aliphatic heterocycles. The maximum Gasteiger partial charge on any atom is 0.264 e. The van der Waals surface area contributed by atoms with Crippen LogP contribution in [0.25, 0.3) is 0 Å². The molecule has 0 unspecified atom stereocenters. The maximum absolute atomic E-state index is 13.9. The molecule has 8 nitrogen and oxygen atoms in total. The summed E-state index contributed by atoms with van der Waals surface area (Å²) >= 11 is 6.19. The maximum atomic E-state index is 13.9. The third kappa shape index (κ3) is 7.74. The van der Waals surface area contributed by atoms with Crippen LogP contribution in [-0.4, -0.2) is 50.9 Å². The Labute approximate surface area is 235 Å². The summed E-state index contributed by atoms with van der Waals surface area (Å²) < 4.78 is 33.7. The van der Waals surface area contributed by atoms with Gasteiger partial charge in [0, 0.05) is 17.6 Å². The molecule has 3 aromatic rings. The second-order valence-electron chi connectivity index (χ2n) is 9.17. The van der Waals surface area contributed by atoms with E-state index in [0.29, 0.717) is 10.8 Å². The van der Waals surface area contributed by atoms with Crippen molar-refractivity contribution in [1.29, 1.82) is 0 Å². The smallest absolute Gasteiger partial charge is 0.264 e. The number of carbonyl (C=O) groups excluding carboxylic acids is 2. The van der Waals surface area contributed by atoms with Gasteiger partial charge in [0.25, 0.3) is 10.0 Å². The predicted octanol–water partition coefficient (Wildman–Crippen LogP) is 4.88. The first-order valence-electron chi connectivity index (χ1n) is 12.6. The number of sulfonamides is 1. The molecule has 1 N–H and O–H groups in total. The van der Waals surface area contributed by atoms with Gasteiger partial charge in [-0.3, -0.25) is 13.9 Å². The SMILES string of the molecule is CC[C@H](C)NC(=O)[C@@H](C)N(Cc1ccc(OC)cc1)C(=O)CN(c1cccc(Cl)c1)S(=O)(=O)c1ccccc1. The molecule has 0 heterocycles. The fourth-order valence-electron chi connectivity index (χ4n) is 3.86. The van der Waals surface area contributed by atoms with E-state index in [-0.39, 0.29) is 29.1 Å². The van der Waals surface area contributed by atoms with Crippen molar-refractivity contribution >= 4 is 39.1 Å². The third-order valence-corrected chi connectivity index (χ3v) is 8.41. The van der Waals surface area contributed by atoms with Crippen molar-refractivity contribution < 1.29 is 22.7 Å². The molecule has 0 aliphatic carbocycles. The topological polar surface area (TPSA) is 96.0 Å². The molecule has 10 heteroatoms. The summed E-state index contributed by atoms with van der Waals surface area (Å²) in [5, 5.41) is 3.24. The van der Waals surface area contributed by atoms with Crippen molar-refractivity contribution in [3.8, 4) is 5.75 Å². The van der Waals surface area contributed by atoms with Crippen LogP contribution >= 0.6 is 11.6 Å². The summed E-state index contributed by atoms with van der Waals surface area (Å²) in [6, 6.07) is 20.4. The molecule has 0 spiro atoms. The second kappa shape index (κ2) is 13.5. The lowest BCUT2D eigenvalue weighted by Gasteiger charge is -2.32. The lowest BCUT2D eigenvalue weighted by Crippen LogP contribution is -2.52. The van der Waals surface area contributed by atoms with E-state index in [1.807, 2.05) is 13.8 Å². The molecule has 0 bridgehead atoms. The molecule has 2 atom stereocenters. The van der Waals surface area contributed by atoms with E-state index in [4.69, 9.17) is 16.3 Å². The summed E-state index contributed by atoms with van der Waals surface area (Å²) in [6.07, 6.45) is 0.725. The van der Waals surface area contributed by atoms with E-state index in [9.17, 15) is 18.0 Å². The van der Waals surface area contributed by atoms with Gasteiger partial charge < -0.3 is 15.0 Å². The molecule has 3 rings (SSSR count). The lowest BCUT2D eigenvalue weighted by molar-refractivity contribution is -0.139. The highest BCUT2D eigenvalue weighted by Gasteiger charge is 2.32. The second-order valence-corrected chi connectivity index (χ2v) is 11.5. The van der Waals surface area contributed by atoms with E-state index in [1.54, 1.807) is 74.7 Å². The molecule has 0 saturated heterocycles. The van der Waals surface area contributed by atoms with Crippen molar-refractivity contribution in [2.75, 3.05) is 18.0 Å². The minimum Gasteiger partial charge on any atom is -0.497 e. The number of hydrogen-bond donors (Lipinski definition) is 1. The van der Waals surface area contributed by atoms with Crippen LogP contribution in [-0.2, 0) is 26.2 Å². The molecular weight excluding hydrogens is 538 g/mol. The van der Waals surface area contributed by atoms with Crippen LogP contribution < -0.4 is 14.4 Å². The predicted molar refractivity (Wildman–Crippen MR) is 153 cm³/mol. The number of benzene rings is 3. The van der Waals surface area contributed by atoms with E-state index >= 15 is 0 Å². The summed E-state index contributed by atoms with van der Waals surface area (Å²) in [4.78, 5) is 28.4. The Bertz CT molecular complexity index is 1370. The number of methoxy groups -OCH3 is 1. The number of amides is 2. The Hall–Kier alpha value is -3.56. The van der Waals surface area contributed by atoms with Crippen molar-refractivity contribution in [3.63, 3.8) is 0 Å². The highest BCUT2D eigenvalue weighted by atomic mass is 35.5. The van der Waals surface area contributed by atoms with Crippen molar-refractivity contribution in [2.45, 2.75) is 50.7 Å². The summed E-state index contributed by atoms with van der Waals surface area (Å²) in [5.41, 5.74) is 0.994. The van der Waals surface area contributed by atoms with E-state index in [1.165, 1.54) is 23.1 Å². The Kier molecular flexibility index (Phi) is 10.4. The van der Waals surface area contributed by atoms with Crippen molar-refractivity contribution in [3.05, 3.63) is 89.4 Å². The monoisotopic (exact) mass is 571 g/mol. The first kappa shape index (κ1) is 30.0. The number of nitrogens with one attached hydrogen (secondary N) is 1. The molecule has 208 valence electrons. The molecule has 0 saturated carbocycles. The number of anilines is 1. The zero-order valence-electron chi connectivity index (χ0n) is 22.5. The number of ether oxygens (including phenoxy) is 1. The summed E-state index contributed by atoms with van der Waals surface area (Å²) in [7, 11) is -2.58. The van der Waals surface area contributed by atoms with Crippen LogP contribution in [0.3, 0.4) is 0 Å². The number of halogens is 1. The highest BCUT2D eigenvalue weighted by molar-refractivity contribution is 7.92. The summed E-state index contributed by atoms with van der Waals surface area (Å²) in [6.45, 7) is 5.02. The molecule has 0 aromatic heterocycles. The van der Waals surface area contributed by atoms with Gasteiger partial charge in [-0.05, 0) is 68.3 Å². The van der Waals surface area contributed by atoms with Crippen LogP contribution in [0, 0.1) is 0 Å². The molecule has 0 radical (unpaired) electrons. The van der Waals surface area contributed by atoms with Gasteiger partial charge in [0.2, 0.25) is 11.8 Å². The van der Waals surface area contributed by atoms with Crippen LogP contribution in [0.4, 0.5) is 5.69 Å². The number of rotatable bonds is 12. The normalized spacial score (nSPS) is 12.7. The Balaban J connectivity index is 2.01. The number of hydrogen-bond acceptors (Lipinski definition) is 5. The first-order chi connectivity index (χ1) is 18.6. The first-order valence-corrected chi connectivity index (χ1v) is 14.4. The number of nitrogens with zero attached hydrogens (tertiary/aromatic N) is 2. The molecule has 0 fully saturated rings. The highest BCUT2D eigenvalue weighted by Crippen LogP contribution is 2.27. The van der Waals surface area contributed by atoms with Crippen molar-refractivity contribution in [2.24, 2.45) is 0 Å². The van der Waals surface area contributed by atoms with Gasteiger partial charge in [-0.2, -0.15) is 0 Å². The van der Waals surface area contributed by atoms with Gasteiger partial charge in [0.05, 0.1) is 17.7 Å². The average Bonchev–Trinajstić information content (AvgIpc) is 2.94. The largest absolute Gasteiger partial charge is 0.497 e. The standard InChI is InChI=1S/C29H34ClN3O5S/c1-5-21(2)31-29(35)22(3)32(19-23-14-16-26(38-4)17-15-23)28(34)20-33(25-11-9-10-24(30)18-25)39(36,37)27-12-7-6-8-13-27/h6-18,21-22H,5,19-20H2,1-4H3,(H,31,35)/t21-,22+/m0/s1. The fraction of sp³-hybridized carbons (Fsp3) is 0.310. The van der Waals surface area contributed by atoms with Gasteiger partial charge in [-0.25, -0.2) is 8.42 Å². The van der Waals surface area contributed by atoms with Crippen molar-refractivity contribution in [1.82, 2.24) is 10.2 Å². The molecular formula is C29H34ClN3O5S. The average molecular weight is 572 g/mol. The molecule has 39 heavy (non-hydrogen) atoms. The summed E-state index contributed by atoms with van der Waals surface area (Å²) in [5.74, 6) is -0.219. The van der Waals surface area contributed by atoms with Gasteiger partial charge >= 0.3 is 0 Å².